The van der Waals surface area contributed by atoms with E-state index in [2.05, 4.69) is 25.7 Å². The lowest BCUT2D eigenvalue weighted by atomic mass is 10.1. The Balaban J connectivity index is 1.37. The van der Waals surface area contributed by atoms with Crippen molar-refractivity contribution in [2.24, 2.45) is 4.99 Å². The first kappa shape index (κ1) is 17.8. The van der Waals surface area contributed by atoms with Crippen LogP contribution in [0, 0.1) is 6.92 Å². The maximum absolute atomic E-state index is 12.5. The highest BCUT2D eigenvalue weighted by atomic mass is 32.2. The average molecular weight is 383 g/mol. The van der Waals surface area contributed by atoms with Gasteiger partial charge in [0.05, 0.1) is 11.1 Å². The SMILES string of the molecule is Cc1nn(CC(=O)NCCC2=CSC3=NCCCN23)c(=O)c2ccccc12. The van der Waals surface area contributed by atoms with Gasteiger partial charge in [-0.05, 0) is 24.8 Å². The first-order valence-corrected chi connectivity index (χ1v) is 9.92. The molecule has 1 aromatic carbocycles. The van der Waals surface area contributed by atoms with Crippen LogP contribution >= 0.6 is 11.8 Å². The Morgan fingerprint density at radius 2 is 2.11 bits per heavy atom. The Morgan fingerprint density at radius 3 is 2.96 bits per heavy atom. The number of benzene rings is 1. The number of amides is 1. The van der Waals surface area contributed by atoms with Crippen molar-refractivity contribution in [3.05, 3.63) is 51.4 Å². The van der Waals surface area contributed by atoms with Crippen molar-refractivity contribution in [2.75, 3.05) is 19.6 Å². The second kappa shape index (κ2) is 7.56. The lowest BCUT2D eigenvalue weighted by molar-refractivity contribution is -0.121. The Labute approximate surface area is 161 Å². The average Bonchev–Trinajstić information content (AvgIpc) is 3.09. The standard InChI is InChI=1S/C19H21N5O2S/c1-13-15-5-2-3-6-16(15)18(26)24(22-13)11-17(25)20-9-7-14-12-27-19-21-8-4-10-23(14)19/h2-3,5-6,12H,4,7-11H2,1H3,(H,20,25). The van der Waals surface area contributed by atoms with Crippen LogP contribution in [0.1, 0.15) is 18.5 Å². The molecule has 0 bridgehead atoms. The summed E-state index contributed by atoms with van der Waals surface area (Å²) in [6, 6.07) is 7.33. The lowest BCUT2D eigenvalue weighted by Gasteiger charge is -2.25. The Hall–Kier alpha value is -2.61. The maximum atomic E-state index is 12.5. The number of carbonyl (C=O) groups is 1. The van der Waals surface area contributed by atoms with Gasteiger partial charge in [-0.25, -0.2) is 4.68 Å². The summed E-state index contributed by atoms with van der Waals surface area (Å²) in [5, 5.41) is 11.8. The third kappa shape index (κ3) is 3.62. The molecule has 0 atom stereocenters. The number of amidine groups is 1. The Bertz CT molecular complexity index is 1010. The molecule has 0 spiro atoms. The lowest BCUT2D eigenvalue weighted by Crippen LogP contribution is -2.35. The summed E-state index contributed by atoms with van der Waals surface area (Å²) in [6.45, 7) is 4.17. The second-order valence-corrected chi connectivity index (χ2v) is 7.43. The van der Waals surface area contributed by atoms with Crippen LogP contribution in [0.4, 0.5) is 0 Å². The molecule has 0 radical (unpaired) electrons. The topological polar surface area (TPSA) is 79.6 Å². The van der Waals surface area contributed by atoms with Crippen molar-refractivity contribution in [3.63, 3.8) is 0 Å². The Kier molecular flexibility index (Phi) is 4.98. The fraction of sp³-hybridized carbons (Fsp3) is 0.368. The molecule has 4 rings (SSSR count). The molecule has 1 aromatic heterocycles. The van der Waals surface area contributed by atoms with Gasteiger partial charge >= 0.3 is 0 Å². The summed E-state index contributed by atoms with van der Waals surface area (Å²) in [5.41, 5.74) is 1.69. The van der Waals surface area contributed by atoms with Crippen LogP contribution in [0.5, 0.6) is 0 Å². The van der Waals surface area contributed by atoms with E-state index in [0.29, 0.717) is 11.9 Å². The summed E-state index contributed by atoms with van der Waals surface area (Å²) >= 11 is 1.65. The molecule has 8 heteroatoms. The quantitative estimate of drug-likeness (QED) is 0.853. The molecule has 2 aliphatic heterocycles. The highest BCUT2D eigenvalue weighted by Crippen LogP contribution is 2.30. The summed E-state index contributed by atoms with van der Waals surface area (Å²) in [5.74, 6) is -0.210. The normalized spacial score (nSPS) is 16.1. The van der Waals surface area contributed by atoms with Crippen LogP contribution in [0.15, 0.2) is 45.2 Å². The van der Waals surface area contributed by atoms with Crippen molar-refractivity contribution in [1.29, 1.82) is 0 Å². The van der Waals surface area contributed by atoms with Crippen molar-refractivity contribution in [1.82, 2.24) is 20.0 Å². The van der Waals surface area contributed by atoms with E-state index in [1.54, 1.807) is 17.8 Å². The van der Waals surface area contributed by atoms with Gasteiger partial charge in [-0.3, -0.25) is 14.6 Å². The van der Waals surface area contributed by atoms with E-state index >= 15 is 0 Å². The van der Waals surface area contributed by atoms with E-state index in [4.69, 9.17) is 0 Å². The van der Waals surface area contributed by atoms with Gasteiger partial charge in [-0.15, -0.1) is 0 Å². The van der Waals surface area contributed by atoms with Crippen LogP contribution < -0.4 is 10.9 Å². The molecule has 2 aliphatic rings. The van der Waals surface area contributed by atoms with E-state index in [0.717, 1.165) is 42.2 Å². The van der Waals surface area contributed by atoms with Gasteiger partial charge in [0.1, 0.15) is 6.54 Å². The van der Waals surface area contributed by atoms with Gasteiger partial charge in [0, 0.05) is 37.1 Å². The first-order chi connectivity index (χ1) is 13.1. The molecule has 140 valence electrons. The van der Waals surface area contributed by atoms with Crippen LogP contribution in [0.25, 0.3) is 10.8 Å². The molecule has 27 heavy (non-hydrogen) atoms. The molecule has 1 amide bonds. The molecule has 0 unspecified atom stereocenters. The minimum Gasteiger partial charge on any atom is -0.354 e. The smallest absolute Gasteiger partial charge is 0.275 e. The van der Waals surface area contributed by atoms with Gasteiger partial charge in [0.25, 0.3) is 5.56 Å². The molecular formula is C19H21N5O2S. The van der Waals surface area contributed by atoms with E-state index in [9.17, 15) is 9.59 Å². The number of hydrogen-bond acceptors (Lipinski definition) is 6. The van der Waals surface area contributed by atoms with Crippen molar-refractivity contribution in [3.8, 4) is 0 Å². The van der Waals surface area contributed by atoms with Gasteiger partial charge in [0.15, 0.2) is 5.17 Å². The zero-order valence-electron chi connectivity index (χ0n) is 15.1. The van der Waals surface area contributed by atoms with E-state index < -0.39 is 0 Å². The fourth-order valence-corrected chi connectivity index (χ4v) is 4.35. The number of aliphatic imine (C=N–C) groups is 1. The molecular weight excluding hydrogens is 362 g/mol. The zero-order chi connectivity index (χ0) is 18.8. The first-order valence-electron chi connectivity index (χ1n) is 9.04. The zero-order valence-corrected chi connectivity index (χ0v) is 16.0. The maximum Gasteiger partial charge on any atom is 0.275 e. The van der Waals surface area contributed by atoms with Gasteiger partial charge in [-0.2, -0.15) is 5.10 Å². The predicted octanol–water partition coefficient (Wildman–Crippen LogP) is 1.86. The number of rotatable bonds is 5. The van der Waals surface area contributed by atoms with Gasteiger partial charge in [0.2, 0.25) is 5.91 Å². The third-order valence-corrected chi connectivity index (χ3v) is 5.66. The number of aryl methyl sites for hydroxylation is 1. The second-order valence-electron chi connectivity index (χ2n) is 6.59. The number of hydrogen-bond donors (Lipinski definition) is 1. The molecule has 2 aromatic rings. The molecule has 0 saturated heterocycles. The summed E-state index contributed by atoms with van der Waals surface area (Å²) in [7, 11) is 0. The third-order valence-electron chi connectivity index (χ3n) is 4.71. The minimum atomic E-state index is -0.240. The van der Waals surface area contributed by atoms with E-state index in [-0.39, 0.29) is 18.0 Å². The number of fused-ring (bicyclic) bond motifs is 2. The van der Waals surface area contributed by atoms with Crippen LogP contribution in [0.3, 0.4) is 0 Å². The monoisotopic (exact) mass is 383 g/mol. The highest BCUT2D eigenvalue weighted by molar-refractivity contribution is 8.16. The Morgan fingerprint density at radius 1 is 1.30 bits per heavy atom. The summed E-state index contributed by atoms with van der Waals surface area (Å²) < 4.78 is 1.24. The predicted molar refractivity (Wildman–Crippen MR) is 108 cm³/mol. The highest BCUT2D eigenvalue weighted by Gasteiger charge is 2.24. The molecule has 0 fully saturated rings. The summed E-state index contributed by atoms with van der Waals surface area (Å²) in [4.78, 5) is 31.6. The number of carbonyl (C=O) groups excluding carboxylic acids is 1. The number of aromatic nitrogens is 2. The molecule has 7 nitrogen and oxygen atoms in total. The van der Waals surface area contributed by atoms with Gasteiger partial charge in [-0.1, -0.05) is 30.0 Å². The number of nitrogens with zero attached hydrogens (tertiary/aromatic N) is 4. The molecule has 0 aliphatic carbocycles. The van der Waals surface area contributed by atoms with Crippen LogP contribution in [-0.4, -0.2) is 45.4 Å². The van der Waals surface area contributed by atoms with Gasteiger partial charge < -0.3 is 10.2 Å². The van der Waals surface area contributed by atoms with Crippen LogP contribution in [-0.2, 0) is 11.3 Å². The molecule has 1 N–H and O–H groups in total. The van der Waals surface area contributed by atoms with Crippen molar-refractivity contribution < 1.29 is 4.79 Å². The van der Waals surface area contributed by atoms with Crippen molar-refractivity contribution in [2.45, 2.75) is 26.3 Å². The molecule has 3 heterocycles. The van der Waals surface area contributed by atoms with E-state index in [1.165, 1.54) is 10.4 Å². The summed E-state index contributed by atoms with van der Waals surface area (Å²) in [6.07, 6.45) is 1.81. The van der Waals surface area contributed by atoms with E-state index in [1.807, 2.05) is 25.1 Å². The van der Waals surface area contributed by atoms with Crippen molar-refractivity contribution >= 4 is 33.6 Å². The number of thioether (sulfide) groups is 1. The van der Waals surface area contributed by atoms with Crippen LogP contribution in [0.2, 0.25) is 0 Å². The molecule has 0 saturated carbocycles. The fourth-order valence-electron chi connectivity index (χ4n) is 3.36. The largest absolute Gasteiger partial charge is 0.354 e. The minimum absolute atomic E-state index is 0.0747. The number of nitrogens with one attached hydrogen (secondary N) is 1.